The van der Waals surface area contributed by atoms with E-state index in [1.807, 2.05) is 0 Å². The van der Waals surface area contributed by atoms with Crippen LogP contribution in [0.1, 0.15) is 19.8 Å². The molecular weight excluding hydrogens is 138 g/mol. The molecule has 1 aliphatic rings. The monoisotopic (exact) mass is 157 g/mol. The summed E-state index contributed by atoms with van der Waals surface area (Å²) in [6.45, 7) is 6.04. The summed E-state index contributed by atoms with van der Waals surface area (Å²) >= 11 is 0. The zero-order valence-electron chi connectivity index (χ0n) is 7.34. The highest BCUT2D eigenvalue weighted by Gasteiger charge is 2.29. The highest BCUT2D eigenvalue weighted by molar-refractivity contribution is 4.91. The minimum Gasteiger partial charge on any atom is -0.329 e. The molecule has 1 aliphatic heterocycles. The number of rotatable bonds is 2. The van der Waals surface area contributed by atoms with Crippen molar-refractivity contribution in [1.82, 2.24) is 4.90 Å². The average molecular weight is 157 g/mol. The Kier molecular flexibility index (Phi) is 2.87. The van der Waals surface area contributed by atoms with Crippen molar-refractivity contribution in [1.29, 1.82) is 0 Å². The SMILES string of the molecule is CCN1CCC[C@@](N)(CN)C1. The van der Waals surface area contributed by atoms with Crippen molar-refractivity contribution in [3.05, 3.63) is 0 Å². The topological polar surface area (TPSA) is 55.3 Å². The van der Waals surface area contributed by atoms with Crippen LogP contribution in [0.15, 0.2) is 0 Å². The Hall–Kier alpha value is -0.120. The molecule has 0 bridgehead atoms. The van der Waals surface area contributed by atoms with Gasteiger partial charge in [-0.2, -0.15) is 0 Å². The molecular formula is C8H19N3. The largest absolute Gasteiger partial charge is 0.329 e. The molecule has 0 aromatic rings. The maximum Gasteiger partial charge on any atom is 0.0408 e. The third-order valence-electron chi connectivity index (χ3n) is 2.54. The second-order valence-corrected chi connectivity index (χ2v) is 3.54. The first kappa shape index (κ1) is 8.97. The van der Waals surface area contributed by atoms with Crippen LogP contribution in [0.4, 0.5) is 0 Å². The van der Waals surface area contributed by atoms with Crippen LogP contribution in [0, 0.1) is 0 Å². The van der Waals surface area contributed by atoms with Crippen LogP contribution >= 0.6 is 0 Å². The Morgan fingerprint density at radius 1 is 1.55 bits per heavy atom. The van der Waals surface area contributed by atoms with Crippen molar-refractivity contribution in [2.75, 3.05) is 26.2 Å². The first-order chi connectivity index (χ1) is 5.20. The van der Waals surface area contributed by atoms with E-state index in [4.69, 9.17) is 11.5 Å². The van der Waals surface area contributed by atoms with Gasteiger partial charge in [0.05, 0.1) is 0 Å². The first-order valence-electron chi connectivity index (χ1n) is 4.41. The van der Waals surface area contributed by atoms with Gasteiger partial charge < -0.3 is 16.4 Å². The van der Waals surface area contributed by atoms with E-state index in [2.05, 4.69) is 11.8 Å². The van der Waals surface area contributed by atoms with Gasteiger partial charge in [0, 0.05) is 18.6 Å². The quantitative estimate of drug-likeness (QED) is 0.581. The summed E-state index contributed by atoms with van der Waals surface area (Å²) in [4.78, 5) is 2.37. The number of hydrogen-bond acceptors (Lipinski definition) is 3. The van der Waals surface area contributed by atoms with Gasteiger partial charge in [0.25, 0.3) is 0 Å². The molecule has 0 aromatic carbocycles. The van der Waals surface area contributed by atoms with E-state index >= 15 is 0 Å². The summed E-state index contributed by atoms with van der Waals surface area (Å²) in [5.74, 6) is 0. The van der Waals surface area contributed by atoms with Crippen LogP contribution in [-0.4, -0.2) is 36.6 Å². The number of hydrogen-bond donors (Lipinski definition) is 2. The molecule has 0 amide bonds. The van der Waals surface area contributed by atoms with Crippen LogP contribution in [-0.2, 0) is 0 Å². The second-order valence-electron chi connectivity index (χ2n) is 3.54. The fourth-order valence-electron chi connectivity index (χ4n) is 1.69. The zero-order chi connectivity index (χ0) is 8.32. The number of likely N-dealkylation sites (N-methyl/N-ethyl adjacent to an activating group) is 1. The van der Waals surface area contributed by atoms with Crippen LogP contribution < -0.4 is 11.5 Å². The molecule has 0 saturated carbocycles. The van der Waals surface area contributed by atoms with E-state index in [1.54, 1.807) is 0 Å². The van der Waals surface area contributed by atoms with Gasteiger partial charge >= 0.3 is 0 Å². The van der Waals surface area contributed by atoms with Crippen molar-refractivity contribution in [3.8, 4) is 0 Å². The smallest absolute Gasteiger partial charge is 0.0408 e. The maximum atomic E-state index is 6.06. The molecule has 1 atom stereocenters. The van der Waals surface area contributed by atoms with Crippen LogP contribution in [0.25, 0.3) is 0 Å². The lowest BCUT2D eigenvalue weighted by Crippen LogP contribution is -2.58. The van der Waals surface area contributed by atoms with E-state index in [9.17, 15) is 0 Å². The molecule has 1 saturated heterocycles. The Morgan fingerprint density at radius 3 is 2.82 bits per heavy atom. The maximum absolute atomic E-state index is 6.06. The van der Waals surface area contributed by atoms with Crippen molar-refractivity contribution in [3.63, 3.8) is 0 Å². The molecule has 3 nitrogen and oxygen atoms in total. The minimum absolute atomic E-state index is 0.103. The van der Waals surface area contributed by atoms with Crippen LogP contribution in [0.3, 0.4) is 0 Å². The minimum atomic E-state index is -0.103. The molecule has 1 heterocycles. The van der Waals surface area contributed by atoms with Gasteiger partial charge in [-0.15, -0.1) is 0 Å². The summed E-state index contributed by atoms with van der Waals surface area (Å²) < 4.78 is 0. The molecule has 0 radical (unpaired) electrons. The third kappa shape index (κ3) is 2.15. The highest BCUT2D eigenvalue weighted by Crippen LogP contribution is 2.16. The van der Waals surface area contributed by atoms with Crippen molar-refractivity contribution < 1.29 is 0 Å². The van der Waals surface area contributed by atoms with Crippen molar-refractivity contribution >= 4 is 0 Å². The number of nitrogens with zero attached hydrogens (tertiary/aromatic N) is 1. The molecule has 11 heavy (non-hydrogen) atoms. The zero-order valence-corrected chi connectivity index (χ0v) is 7.34. The van der Waals surface area contributed by atoms with E-state index in [-0.39, 0.29) is 5.54 Å². The average Bonchev–Trinajstić information content (AvgIpc) is 2.05. The fraction of sp³-hybridized carbons (Fsp3) is 1.00. The Bertz CT molecular complexity index is 127. The molecule has 4 N–H and O–H groups in total. The Balaban J connectivity index is 2.44. The van der Waals surface area contributed by atoms with Gasteiger partial charge in [0.1, 0.15) is 0 Å². The van der Waals surface area contributed by atoms with Gasteiger partial charge in [-0.3, -0.25) is 0 Å². The fourth-order valence-corrected chi connectivity index (χ4v) is 1.69. The molecule has 0 unspecified atom stereocenters. The summed E-state index contributed by atoms with van der Waals surface area (Å²) in [5.41, 5.74) is 11.6. The lowest BCUT2D eigenvalue weighted by Gasteiger charge is -2.39. The summed E-state index contributed by atoms with van der Waals surface area (Å²) in [6.07, 6.45) is 2.28. The first-order valence-corrected chi connectivity index (χ1v) is 4.41. The normalized spacial score (nSPS) is 34.1. The number of piperidine rings is 1. The summed E-state index contributed by atoms with van der Waals surface area (Å²) in [5, 5.41) is 0. The Morgan fingerprint density at radius 2 is 2.27 bits per heavy atom. The Labute approximate surface area is 68.7 Å². The van der Waals surface area contributed by atoms with E-state index in [1.165, 1.54) is 13.0 Å². The highest BCUT2D eigenvalue weighted by atomic mass is 15.2. The van der Waals surface area contributed by atoms with E-state index in [0.29, 0.717) is 6.54 Å². The predicted octanol–water partition coefficient (Wildman–Crippen LogP) is -0.242. The van der Waals surface area contributed by atoms with Gasteiger partial charge in [-0.25, -0.2) is 0 Å². The lowest BCUT2D eigenvalue weighted by atomic mass is 9.90. The van der Waals surface area contributed by atoms with Gasteiger partial charge in [-0.05, 0) is 25.9 Å². The molecule has 0 aliphatic carbocycles. The molecule has 0 spiro atoms. The molecule has 3 heteroatoms. The van der Waals surface area contributed by atoms with Crippen LogP contribution in [0.5, 0.6) is 0 Å². The molecule has 0 aromatic heterocycles. The van der Waals surface area contributed by atoms with Gasteiger partial charge in [0.15, 0.2) is 0 Å². The third-order valence-corrected chi connectivity index (χ3v) is 2.54. The standard InChI is InChI=1S/C8H19N3/c1-2-11-5-3-4-8(10,6-9)7-11/h2-7,9-10H2,1H3/t8-/m1/s1. The lowest BCUT2D eigenvalue weighted by molar-refractivity contribution is 0.160. The predicted molar refractivity (Wildman–Crippen MR) is 47.3 cm³/mol. The summed E-state index contributed by atoms with van der Waals surface area (Å²) in [6, 6.07) is 0. The van der Waals surface area contributed by atoms with Gasteiger partial charge in [-0.1, -0.05) is 6.92 Å². The van der Waals surface area contributed by atoms with E-state index < -0.39 is 0 Å². The van der Waals surface area contributed by atoms with E-state index in [0.717, 1.165) is 19.5 Å². The van der Waals surface area contributed by atoms with Crippen molar-refractivity contribution in [2.45, 2.75) is 25.3 Å². The number of nitrogens with two attached hydrogens (primary N) is 2. The second kappa shape index (κ2) is 3.52. The molecule has 1 rings (SSSR count). The van der Waals surface area contributed by atoms with Crippen LogP contribution in [0.2, 0.25) is 0 Å². The molecule has 66 valence electrons. The number of likely N-dealkylation sites (tertiary alicyclic amines) is 1. The summed E-state index contributed by atoms with van der Waals surface area (Å²) in [7, 11) is 0. The van der Waals surface area contributed by atoms with Crippen molar-refractivity contribution in [2.24, 2.45) is 11.5 Å². The molecule has 1 fully saturated rings. The van der Waals surface area contributed by atoms with Gasteiger partial charge in [0.2, 0.25) is 0 Å².